The molecule has 0 aliphatic carbocycles. The average molecular weight is 424 g/mol. The predicted molar refractivity (Wildman–Crippen MR) is 87.2 cm³/mol. The van der Waals surface area contributed by atoms with Gasteiger partial charge in [-0.15, -0.1) is 11.3 Å². The van der Waals surface area contributed by atoms with Crippen molar-refractivity contribution in [1.29, 1.82) is 0 Å². The Morgan fingerprint density at radius 1 is 1.26 bits per heavy atom. The van der Waals surface area contributed by atoms with Crippen LogP contribution in [0.4, 0.5) is 0 Å². The van der Waals surface area contributed by atoms with E-state index in [0.29, 0.717) is 17.1 Å². The third-order valence-corrected chi connectivity index (χ3v) is 5.36. The summed E-state index contributed by atoms with van der Waals surface area (Å²) >= 11 is 14.3. The molecule has 2 aromatic rings. The van der Waals surface area contributed by atoms with Gasteiger partial charge in [-0.2, -0.15) is 0 Å². The van der Waals surface area contributed by atoms with Crippen LogP contribution in [0.3, 0.4) is 0 Å². The Morgan fingerprint density at radius 2 is 2.05 bits per heavy atom. The van der Waals surface area contributed by atoms with Crippen molar-refractivity contribution >= 4 is 60.7 Å². The molecule has 0 saturated heterocycles. The van der Waals surface area contributed by atoms with Crippen LogP contribution in [0.15, 0.2) is 38.6 Å². The van der Waals surface area contributed by atoms with E-state index in [1.54, 1.807) is 29.5 Å². The van der Waals surface area contributed by atoms with Crippen molar-refractivity contribution in [3.05, 3.63) is 54.1 Å². The molecule has 0 radical (unpaired) electrons. The minimum Gasteiger partial charge on any atom is -0.352 e. The zero-order valence-electron chi connectivity index (χ0n) is 9.75. The molecule has 2 rings (SSSR count). The molecule has 1 amide bonds. The molecular formula is C13H10Br2ClNOS. The lowest BCUT2D eigenvalue weighted by Crippen LogP contribution is -2.25. The Hall–Kier alpha value is -0.360. The van der Waals surface area contributed by atoms with E-state index in [-0.39, 0.29) is 5.91 Å². The molecule has 0 unspecified atom stereocenters. The maximum absolute atomic E-state index is 11.9. The van der Waals surface area contributed by atoms with Gasteiger partial charge in [0.25, 0.3) is 5.91 Å². The van der Waals surface area contributed by atoms with Gasteiger partial charge < -0.3 is 5.32 Å². The van der Waals surface area contributed by atoms with E-state index in [9.17, 15) is 4.79 Å². The van der Waals surface area contributed by atoms with Crippen molar-refractivity contribution in [3.63, 3.8) is 0 Å². The van der Waals surface area contributed by atoms with Crippen molar-refractivity contribution in [2.75, 3.05) is 6.54 Å². The lowest BCUT2D eigenvalue weighted by molar-refractivity contribution is 0.0954. The van der Waals surface area contributed by atoms with Crippen LogP contribution in [-0.4, -0.2) is 12.5 Å². The Morgan fingerprint density at radius 3 is 2.68 bits per heavy atom. The highest BCUT2D eigenvalue weighted by atomic mass is 79.9. The molecule has 1 aromatic heterocycles. The third kappa shape index (κ3) is 4.31. The van der Waals surface area contributed by atoms with Crippen molar-refractivity contribution in [1.82, 2.24) is 5.32 Å². The molecule has 0 atom stereocenters. The molecule has 1 heterocycles. The first-order valence-corrected chi connectivity index (χ1v) is 8.32. The van der Waals surface area contributed by atoms with Gasteiger partial charge in [-0.1, -0.05) is 11.6 Å². The lowest BCUT2D eigenvalue weighted by atomic mass is 10.2. The minimum atomic E-state index is -0.0898. The van der Waals surface area contributed by atoms with Crippen LogP contribution in [-0.2, 0) is 6.42 Å². The van der Waals surface area contributed by atoms with Crippen molar-refractivity contribution in [2.24, 2.45) is 0 Å². The normalized spacial score (nSPS) is 10.5. The van der Waals surface area contributed by atoms with Crippen molar-refractivity contribution in [2.45, 2.75) is 6.42 Å². The van der Waals surface area contributed by atoms with Gasteiger partial charge in [0, 0.05) is 21.5 Å². The molecule has 0 aliphatic heterocycles. The number of halogens is 3. The van der Waals surface area contributed by atoms with Gasteiger partial charge in [-0.3, -0.25) is 4.79 Å². The highest BCUT2D eigenvalue weighted by Gasteiger charge is 2.07. The largest absolute Gasteiger partial charge is 0.352 e. The average Bonchev–Trinajstić information content (AvgIpc) is 2.78. The topological polar surface area (TPSA) is 29.1 Å². The summed E-state index contributed by atoms with van der Waals surface area (Å²) in [5, 5.41) is 3.49. The van der Waals surface area contributed by atoms with Crippen LogP contribution in [0, 0.1) is 0 Å². The number of amides is 1. The van der Waals surface area contributed by atoms with Crippen molar-refractivity contribution < 1.29 is 4.79 Å². The Balaban J connectivity index is 1.89. The van der Waals surface area contributed by atoms with E-state index in [4.69, 9.17) is 11.6 Å². The zero-order chi connectivity index (χ0) is 13.8. The second-order valence-electron chi connectivity index (χ2n) is 3.84. The van der Waals surface area contributed by atoms with Gasteiger partial charge >= 0.3 is 0 Å². The molecule has 1 aromatic carbocycles. The maximum Gasteiger partial charge on any atom is 0.251 e. The number of hydrogen-bond acceptors (Lipinski definition) is 2. The van der Waals surface area contributed by atoms with Crippen LogP contribution >= 0.6 is 54.8 Å². The molecular weight excluding hydrogens is 413 g/mol. The first kappa shape index (κ1) is 15.0. The predicted octanol–water partition coefficient (Wildman–Crippen LogP) is 4.90. The standard InChI is InChI=1S/C13H10Br2ClNOS/c14-10-7-8(1-3-11(10)16)13(18)17-6-5-9-2-4-12(15)19-9/h1-4,7H,5-6H2,(H,17,18). The summed E-state index contributed by atoms with van der Waals surface area (Å²) in [5.41, 5.74) is 0.601. The van der Waals surface area contributed by atoms with E-state index < -0.39 is 0 Å². The molecule has 2 nitrogen and oxygen atoms in total. The monoisotopic (exact) mass is 421 g/mol. The Kier molecular flexibility index (Phi) is 5.45. The summed E-state index contributed by atoms with van der Waals surface area (Å²) in [6.45, 7) is 0.617. The molecule has 19 heavy (non-hydrogen) atoms. The fraction of sp³-hybridized carbons (Fsp3) is 0.154. The molecule has 0 spiro atoms. The molecule has 100 valence electrons. The number of thiophene rings is 1. The Labute approximate surface area is 137 Å². The fourth-order valence-electron chi connectivity index (χ4n) is 1.52. The third-order valence-electron chi connectivity index (χ3n) is 2.47. The number of carbonyl (C=O) groups excluding carboxylic acids is 1. The Bertz CT molecular complexity index is 600. The fourth-order valence-corrected chi connectivity index (χ4v) is 3.50. The quantitative estimate of drug-likeness (QED) is 0.745. The molecule has 1 N–H and O–H groups in total. The highest BCUT2D eigenvalue weighted by molar-refractivity contribution is 9.11. The van der Waals surface area contributed by atoms with Gasteiger partial charge in [0.15, 0.2) is 0 Å². The van der Waals surface area contributed by atoms with Crippen molar-refractivity contribution in [3.8, 4) is 0 Å². The highest BCUT2D eigenvalue weighted by Crippen LogP contribution is 2.23. The molecule has 0 bridgehead atoms. The van der Waals surface area contributed by atoms with E-state index in [1.165, 1.54) is 4.88 Å². The molecule has 0 fully saturated rings. The van der Waals surface area contributed by atoms with Crippen LogP contribution in [0.25, 0.3) is 0 Å². The SMILES string of the molecule is O=C(NCCc1ccc(Br)s1)c1ccc(Cl)c(Br)c1. The zero-order valence-corrected chi connectivity index (χ0v) is 14.5. The molecule has 0 aliphatic rings. The van der Waals surface area contributed by atoms with E-state index in [2.05, 4.69) is 43.2 Å². The summed E-state index contributed by atoms with van der Waals surface area (Å²) in [7, 11) is 0. The summed E-state index contributed by atoms with van der Waals surface area (Å²) in [6.07, 6.45) is 0.830. The van der Waals surface area contributed by atoms with E-state index in [0.717, 1.165) is 14.7 Å². The number of benzene rings is 1. The van der Waals surface area contributed by atoms with Crippen LogP contribution in [0.1, 0.15) is 15.2 Å². The maximum atomic E-state index is 11.9. The van der Waals surface area contributed by atoms with E-state index in [1.807, 2.05) is 6.07 Å². The van der Waals surface area contributed by atoms with Crippen LogP contribution in [0.2, 0.25) is 5.02 Å². The van der Waals surface area contributed by atoms with Gasteiger partial charge in [-0.05, 0) is 68.6 Å². The molecule has 6 heteroatoms. The number of hydrogen-bond donors (Lipinski definition) is 1. The van der Waals surface area contributed by atoms with Crippen LogP contribution in [0.5, 0.6) is 0 Å². The second-order valence-corrected chi connectivity index (χ2v) is 7.65. The number of nitrogens with one attached hydrogen (secondary N) is 1. The van der Waals surface area contributed by atoms with Gasteiger partial charge in [-0.25, -0.2) is 0 Å². The summed E-state index contributed by atoms with van der Waals surface area (Å²) < 4.78 is 1.83. The van der Waals surface area contributed by atoms with Gasteiger partial charge in [0.1, 0.15) is 0 Å². The summed E-state index contributed by atoms with van der Waals surface area (Å²) in [6, 6.07) is 9.21. The minimum absolute atomic E-state index is 0.0898. The first-order valence-electron chi connectivity index (χ1n) is 5.54. The van der Waals surface area contributed by atoms with Gasteiger partial charge in [0.05, 0.1) is 8.81 Å². The van der Waals surface area contributed by atoms with Gasteiger partial charge in [0.2, 0.25) is 0 Å². The smallest absolute Gasteiger partial charge is 0.251 e. The van der Waals surface area contributed by atoms with E-state index >= 15 is 0 Å². The number of rotatable bonds is 4. The van der Waals surface area contributed by atoms with Crippen LogP contribution < -0.4 is 5.32 Å². The summed E-state index contributed by atoms with van der Waals surface area (Å²) in [5.74, 6) is -0.0898. The molecule has 0 saturated carbocycles. The second kappa shape index (κ2) is 6.88. The number of carbonyl (C=O) groups is 1. The summed E-state index contributed by atoms with van der Waals surface area (Å²) in [4.78, 5) is 13.2. The first-order chi connectivity index (χ1) is 9.06. The lowest BCUT2D eigenvalue weighted by Gasteiger charge is -2.05.